The first kappa shape index (κ1) is 19.4. The van der Waals surface area contributed by atoms with Crippen LogP contribution in [-0.4, -0.2) is 47.3 Å². The molecule has 1 amide bonds. The summed E-state index contributed by atoms with van der Waals surface area (Å²) in [6.07, 6.45) is 10.1. The summed E-state index contributed by atoms with van der Waals surface area (Å²) < 4.78 is 28.8. The highest BCUT2D eigenvalue weighted by Gasteiger charge is 2.34. The van der Waals surface area contributed by atoms with Gasteiger partial charge in [-0.25, -0.2) is 13.4 Å². The van der Waals surface area contributed by atoms with Gasteiger partial charge in [0.2, 0.25) is 5.91 Å². The third kappa shape index (κ3) is 4.28. The molecule has 0 atom stereocenters. The molecule has 0 aromatic carbocycles. The molecule has 1 aliphatic carbocycles. The average Bonchev–Trinajstić information content (AvgIpc) is 3.14. The third-order valence-corrected chi connectivity index (χ3v) is 7.34. The summed E-state index contributed by atoms with van der Waals surface area (Å²) in [5, 5.41) is 3.26. The van der Waals surface area contributed by atoms with Gasteiger partial charge in [-0.15, -0.1) is 0 Å². The largest absolute Gasteiger partial charge is 0.353 e. The second kappa shape index (κ2) is 8.08. The van der Waals surface area contributed by atoms with Gasteiger partial charge in [0.25, 0.3) is 10.0 Å². The molecule has 1 saturated carbocycles. The number of sulfonamides is 1. The van der Waals surface area contributed by atoms with Crippen LogP contribution in [0.2, 0.25) is 0 Å². The SMILES string of the molecule is CC(C)n1cnc(S(=O)(=O)N2CCC(C(=O)NC3CCCCC3)CC2)c1. The minimum Gasteiger partial charge on any atom is -0.353 e. The number of amides is 1. The highest BCUT2D eigenvalue weighted by atomic mass is 32.2. The number of carbonyl (C=O) groups is 1. The molecule has 1 aromatic rings. The molecule has 0 bridgehead atoms. The fourth-order valence-corrected chi connectivity index (χ4v) is 5.18. The predicted octanol–water partition coefficient (Wildman–Crippen LogP) is 2.31. The average molecular weight is 383 g/mol. The van der Waals surface area contributed by atoms with Crippen molar-refractivity contribution >= 4 is 15.9 Å². The van der Waals surface area contributed by atoms with E-state index in [1.54, 1.807) is 17.1 Å². The molecule has 1 aliphatic heterocycles. The van der Waals surface area contributed by atoms with E-state index >= 15 is 0 Å². The van der Waals surface area contributed by atoms with Crippen LogP contribution in [0.4, 0.5) is 0 Å². The highest BCUT2D eigenvalue weighted by Crippen LogP contribution is 2.25. The first-order valence-electron chi connectivity index (χ1n) is 9.72. The molecule has 0 unspecified atom stereocenters. The van der Waals surface area contributed by atoms with Crippen LogP contribution in [0.15, 0.2) is 17.6 Å². The van der Waals surface area contributed by atoms with Gasteiger partial charge in [0, 0.05) is 37.3 Å². The lowest BCUT2D eigenvalue weighted by Crippen LogP contribution is -2.45. The zero-order chi connectivity index (χ0) is 18.7. The molecule has 3 rings (SSSR count). The summed E-state index contributed by atoms with van der Waals surface area (Å²) >= 11 is 0. The van der Waals surface area contributed by atoms with Crippen LogP contribution in [0.1, 0.15) is 64.8 Å². The quantitative estimate of drug-likeness (QED) is 0.847. The fraction of sp³-hybridized carbons (Fsp3) is 0.778. The Kier molecular flexibility index (Phi) is 6.02. The lowest BCUT2D eigenvalue weighted by Gasteiger charge is -2.31. The zero-order valence-electron chi connectivity index (χ0n) is 15.7. The number of carbonyl (C=O) groups excluding carboxylic acids is 1. The van der Waals surface area contributed by atoms with Crippen LogP contribution >= 0.6 is 0 Å². The molecular weight excluding hydrogens is 352 g/mol. The Balaban J connectivity index is 1.56. The monoisotopic (exact) mass is 382 g/mol. The highest BCUT2D eigenvalue weighted by molar-refractivity contribution is 7.89. The van der Waals surface area contributed by atoms with Crippen LogP contribution < -0.4 is 5.32 Å². The Morgan fingerprint density at radius 2 is 1.81 bits per heavy atom. The van der Waals surface area contributed by atoms with Crippen molar-refractivity contribution in [3.05, 3.63) is 12.5 Å². The van der Waals surface area contributed by atoms with Gasteiger partial charge in [-0.2, -0.15) is 4.31 Å². The zero-order valence-corrected chi connectivity index (χ0v) is 16.5. The first-order valence-corrected chi connectivity index (χ1v) is 11.2. The van der Waals surface area contributed by atoms with E-state index in [2.05, 4.69) is 10.3 Å². The van der Waals surface area contributed by atoms with Crippen molar-refractivity contribution in [3.63, 3.8) is 0 Å². The van der Waals surface area contributed by atoms with E-state index in [1.807, 2.05) is 13.8 Å². The number of nitrogens with zero attached hydrogens (tertiary/aromatic N) is 3. The molecule has 8 heteroatoms. The van der Waals surface area contributed by atoms with Crippen LogP contribution in [0, 0.1) is 5.92 Å². The molecule has 2 heterocycles. The number of hydrogen-bond acceptors (Lipinski definition) is 4. The Bertz CT molecular complexity index is 715. The standard InChI is InChI=1S/C18H30N4O3S/c1-14(2)21-12-17(19-13-21)26(24,25)22-10-8-15(9-11-22)18(23)20-16-6-4-3-5-7-16/h12-16H,3-11H2,1-2H3,(H,20,23). The van der Waals surface area contributed by atoms with Gasteiger partial charge in [0.1, 0.15) is 0 Å². The number of hydrogen-bond donors (Lipinski definition) is 1. The van der Waals surface area contributed by atoms with Crippen LogP contribution in [-0.2, 0) is 14.8 Å². The lowest BCUT2D eigenvalue weighted by molar-refractivity contribution is -0.127. The van der Waals surface area contributed by atoms with Gasteiger partial charge in [0.15, 0.2) is 5.03 Å². The first-order chi connectivity index (χ1) is 12.4. The minimum atomic E-state index is -3.58. The van der Waals surface area contributed by atoms with Crippen LogP contribution in [0.5, 0.6) is 0 Å². The van der Waals surface area contributed by atoms with E-state index in [1.165, 1.54) is 23.6 Å². The van der Waals surface area contributed by atoms with Crippen molar-refractivity contribution in [1.29, 1.82) is 0 Å². The maximum absolute atomic E-state index is 12.8. The number of aromatic nitrogens is 2. The number of nitrogens with one attached hydrogen (secondary N) is 1. The Morgan fingerprint density at radius 1 is 1.15 bits per heavy atom. The smallest absolute Gasteiger partial charge is 0.262 e. The van der Waals surface area contributed by atoms with Crippen molar-refractivity contribution < 1.29 is 13.2 Å². The van der Waals surface area contributed by atoms with Crippen molar-refractivity contribution in [1.82, 2.24) is 19.2 Å². The molecule has 0 spiro atoms. The molecule has 2 fully saturated rings. The molecule has 7 nitrogen and oxygen atoms in total. The van der Waals surface area contributed by atoms with E-state index in [9.17, 15) is 13.2 Å². The van der Waals surface area contributed by atoms with E-state index in [4.69, 9.17) is 0 Å². The van der Waals surface area contributed by atoms with Gasteiger partial charge in [0.05, 0.1) is 6.33 Å². The second-order valence-electron chi connectivity index (χ2n) is 7.77. The van der Waals surface area contributed by atoms with Crippen molar-refractivity contribution in [2.24, 2.45) is 5.92 Å². The van der Waals surface area contributed by atoms with Gasteiger partial charge in [-0.1, -0.05) is 19.3 Å². The topological polar surface area (TPSA) is 84.3 Å². The van der Waals surface area contributed by atoms with Gasteiger partial charge < -0.3 is 9.88 Å². The maximum atomic E-state index is 12.8. The van der Waals surface area contributed by atoms with E-state index in [-0.39, 0.29) is 22.9 Å². The molecule has 1 saturated heterocycles. The molecule has 1 aromatic heterocycles. The van der Waals surface area contributed by atoms with E-state index in [0.717, 1.165) is 12.8 Å². The Hall–Kier alpha value is -1.41. The molecular formula is C18H30N4O3S. The summed E-state index contributed by atoms with van der Waals surface area (Å²) in [7, 11) is -3.58. The number of piperidine rings is 1. The Morgan fingerprint density at radius 3 is 2.38 bits per heavy atom. The van der Waals surface area contributed by atoms with Crippen molar-refractivity contribution in [2.45, 2.75) is 75.9 Å². The van der Waals surface area contributed by atoms with Gasteiger partial charge >= 0.3 is 0 Å². The summed E-state index contributed by atoms with van der Waals surface area (Å²) in [4.78, 5) is 16.5. The number of imidazole rings is 1. The predicted molar refractivity (Wildman–Crippen MR) is 99.1 cm³/mol. The second-order valence-corrected chi connectivity index (χ2v) is 9.66. The lowest BCUT2D eigenvalue weighted by atomic mass is 9.93. The Labute approximate surface area is 156 Å². The molecule has 146 valence electrons. The molecule has 26 heavy (non-hydrogen) atoms. The minimum absolute atomic E-state index is 0.0865. The molecule has 1 N–H and O–H groups in total. The van der Waals surface area contributed by atoms with Gasteiger partial charge in [-0.3, -0.25) is 4.79 Å². The van der Waals surface area contributed by atoms with Crippen molar-refractivity contribution in [3.8, 4) is 0 Å². The van der Waals surface area contributed by atoms with Gasteiger partial charge in [-0.05, 0) is 39.5 Å². The van der Waals surface area contributed by atoms with Crippen LogP contribution in [0.25, 0.3) is 0 Å². The fourth-order valence-electron chi connectivity index (χ4n) is 3.79. The summed E-state index contributed by atoms with van der Waals surface area (Å²) in [6.45, 7) is 4.71. The summed E-state index contributed by atoms with van der Waals surface area (Å²) in [5.41, 5.74) is 0. The van der Waals surface area contributed by atoms with Crippen LogP contribution in [0.3, 0.4) is 0 Å². The molecule has 2 aliphatic rings. The third-order valence-electron chi connectivity index (χ3n) is 5.55. The van der Waals surface area contributed by atoms with E-state index in [0.29, 0.717) is 32.0 Å². The number of rotatable bonds is 5. The maximum Gasteiger partial charge on any atom is 0.262 e. The van der Waals surface area contributed by atoms with E-state index < -0.39 is 10.0 Å². The normalized spacial score (nSPS) is 21.2. The molecule has 0 radical (unpaired) electrons. The summed E-state index contributed by atoms with van der Waals surface area (Å²) in [6, 6.07) is 0.471. The van der Waals surface area contributed by atoms with Crippen molar-refractivity contribution in [2.75, 3.05) is 13.1 Å². The summed E-state index contributed by atoms with van der Waals surface area (Å²) in [5.74, 6) is 0.00892.